The van der Waals surface area contributed by atoms with E-state index in [9.17, 15) is 8.78 Å². The van der Waals surface area contributed by atoms with E-state index in [1.807, 2.05) is 6.92 Å². The summed E-state index contributed by atoms with van der Waals surface area (Å²) >= 11 is 0. The molecule has 1 aromatic heterocycles. The van der Waals surface area contributed by atoms with E-state index in [0.29, 0.717) is 18.9 Å². The molecule has 0 atom stereocenters. The fraction of sp³-hybridized carbons (Fsp3) is 0.625. The van der Waals surface area contributed by atoms with Crippen molar-refractivity contribution in [2.75, 3.05) is 6.61 Å². The Kier molecular flexibility index (Phi) is 3.82. The van der Waals surface area contributed by atoms with Crippen molar-refractivity contribution in [2.24, 2.45) is 0 Å². The lowest BCUT2D eigenvalue weighted by atomic mass is 10.4. The van der Waals surface area contributed by atoms with E-state index in [1.165, 1.54) is 10.9 Å². The number of ether oxygens (including phenoxy) is 1. The highest BCUT2D eigenvalue weighted by atomic mass is 19.3. The van der Waals surface area contributed by atoms with E-state index in [0.717, 1.165) is 0 Å². The standard InChI is InChI=1S/C8H12F2N2O/c1-2-13-6-7-3-4-11-12(7)5-8(9)10/h3-4,8H,2,5-6H2,1H3. The molecule has 1 aromatic rings. The molecule has 0 aliphatic rings. The number of alkyl halides is 2. The van der Waals surface area contributed by atoms with Crippen LogP contribution in [0.5, 0.6) is 0 Å². The highest BCUT2D eigenvalue weighted by molar-refractivity contribution is 4.98. The Morgan fingerprint density at radius 3 is 3.00 bits per heavy atom. The Balaban J connectivity index is 2.55. The highest BCUT2D eigenvalue weighted by Gasteiger charge is 2.08. The lowest BCUT2D eigenvalue weighted by Crippen LogP contribution is -2.12. The minimum Gasteiger partial charge on any atom is -0.375 e. The van der Waals surface area contributed by atoms with Crippen molar-refractivity contribution in [1.29, 1.82) is 0 Å². The lowest BCUT2D eigenvalue weighted by Gasteiger charge is -2.06. The van der Waals surface area contributed by atoms with Gasteiger partial charge in [0.25, 0.3) is 6.43 Å². The molecule has 74 valence electrons. The molecule has 0 aliphatic carbocycles. The molecule has 0 spiro atoms. The predicted octanol–water partition coefficient (Wildman–Crippen LogP) is 1.68. The molecule has 0 radical (unpaired) electrons. The molecular weight excluding hydrogens is 178 g/mol. The van der Waals surface area contributed by atoms with Crippen LogP contribution in [0.4, 0.5) is 8.78 Å². The molecule has 0 fully saturated rings. The average Bonchev–Trinajstić information content (AvgIpc) is 2.48. The monoisotopic (exact) mass is 190 g/mol. The van der Waals surface area contributed by atoms with Crippen LogP contribution in [0.3, 0.4) is 0 Å². The Hall–Kier alpha value is -0.970. The van der Waals surface area contributed by atoms with Gasteiger partial charge in [-0.3, -0.25) is 4.68 Å². The summed E-state index contributed by atoms with van der Waals surface area (Å²) in [6.07, 6.45) is -0.878. The molecule has 5 heteroatoms. The van der Waals surface area contributed by atoms with E-state index in [-0.39, 0.29) is 6.54 Å². The van der Waals surface area contributed by atoms with E-state index >= 15 is 0 Å². The number of nitrogens with zero attached hydrogens (tertiary/aromatic N) is 2. The van der Waals surface area contributed by atoms with Crippen molar-refractivity contribution in [3.63, 3.8) is 0 Å². The van der Waals surface area contributed by atoms with Gasteiger partial charge in [-0.2, -0.15) is 5.10 Å². The first-order valence-electron chi connectivity index (χ1n) is 4.10. The van der Waals surface area contributed by atoms with Crippen LogP contribution in [-0.4, -0.2) is 22.8 Å². The fourth-order valence-electron chi connectivity index (χ4n) is 0.984. The quantitative estimate of drug-likeness (QED) is 0.706. The molecule has 0 aliphatic heterocycles. The van der Waals surface area contributed by atoms with Gasteiger partial charge in [0.05, 0.1) is 12.3 Å². The van der Waals surface area contributed by atoms with Gasteiger partial charge in [0.15, 0.2) is 0 Å². The molecule has 0 amide bonds. The van der Waals surface area contributed by atoms with Gasteiger partial charge in [0, 0.05) is 12.8 Å². The maximum Gasteiger partial charge on any atom is 0.257 e. The fourth-order valence-corrected chi connectivity index (χ4v) is 0.984. The Morgan fingerprint density at radius 2 is 2.38 bits per heavy atom. The van der Waals surface area contributed by atoms with Crippen LogP contribution in [0.1, 0.15) is 12.6 Å². The van der Waals surface area contributed by atoms with Gasteiger partial charge in [-0.15, -0.1) is 0 Å². The first-order chi connectivity index (χ1) is 6.24. The Bertz CT molecular complexity index is 250. The molecule has 0 unspecified atom stereocenters. The molecule has 0 saturated carbocycles. The van der Waals surface area contributed by atoms with Crippen LogP contribution >= 0.6 is 0 Å². The van der Waals surface area contributed by atoms with Crippen LogP contribution in [-0.2, 0) is 17.9 Å². The zero-order valence-corrected chi connectivity index (χ0v) is 7.41. The topological polar surface area (TPSA) is 27.1 Å². The van der Waals surface area contributed by atoms with E-state index in [2.05, 4.69) is 5.10 Å². The first-order valence-corrected chi connectivity index (χ1v) is 4.10. The van der Waals surface area contributed by atoms with Crippen LogP contribution in [0.25, 0.3) is 0 Å². The summed E-state index contributed by atoms with van der Waals surface area (Å²) < 4.78 is 30.4. The third-order valence-corrected chi connectivity index (χ3v) is 1.57. The summed E-state index contributed by atoms with van der Waals surface area (Å²) in [4.78, 5) is 0. The van der Waals surface area contributed by atoms with Gasteiger partial charge < -0.3 is 4.74 Å². The molecule has 0 N–H and O–H groups in total. The van der Waals surface area contributed by atoms with Gasteiger partial charge in [-0.25, -0.2) is 8.78 Å². The third-order valence-electron chi connectivity index (χ3n) is 1.57. The normalized spacial score (nSPS) is 11.1. The van der Waals surface area contributed by atoms with Gasteiger partial charge in [0.1, 0.15) is 6.54 Å². The summed E-state index contributed by atoms with van der Waals surface area (Å²) in [6, 6.07) is 1.68. The van der Waals surface area contributed by atoms with Gasteiger partial charge in [-0.05, 0) is 13.0 Å². The molecule has 0 aromatic carbocycles. The van der Waals surface area contributed by atoms with Crippen molar-refractivity contribution >= 4 is 0 Å². The van der Waals surface area contributed by atoms with Gasteiger partial charge >= 0.3 is 0 Å². The third kappa shape index (κ3) is 3.10. The number of hydrogen-bond donors (Lipinski definition) is 0. The van der Waals surface area contributed by atoms with Crippen molar-refractivity contribution in [1.82, 2.24) is 9.78 Å². The number of halogens is 2. The van der Waals surface area contributed by atoms with Crippen LogP contribution in [0, 0.1) is 0 Å². The second-order valence-electron chi connectivity index (χ2n) is 2.53. The SMILES string of the molecule is CCOCc1ccnn1CC(F)F. The summed E-state index contributed by atoms with van der Waals surface area (Å²) in [5.41, 5.74) is 0.683. The predicted molar refractivity (Wildman–Crippen MR) is 43.6 cm³/mol. The molecule has 3 nitrogen and oxygen atoms in total. The second-order valence-corrected chi connectivity index (χ2v) is 2.53. The van der Waals surface area contributed by atoms with Crippen molar-refractivity contribution in [2.45, 2.75) is 26.5 Å². The maximum atomic E-state index is 12.0. The average molecular weight is 190 g/mol. The Morgan fingerprint density at radius 1 is 1.62 bits per heavy atom. The van der Waals surface area contributed by atoms with Gasteiger partial charge in [-0.1, -0.05) is 0 Å². The molecule has 1 rings (SSSR count). The minimum absolute atomic E-state index is 0.337. The second kappa shape index (κ2) is 4.91. The van der Waals surface area contributed by atoms with Crippen LogP contribution in [0.15, 0.2) is 12.3 Å². The van der Waals surface area contributed by atoms with E-state index in [1.54, 1.807) is 6.07 Å². The molecule has 13 heavy (non-hydrogen) atoms. The zero-order valence-electron chi connectivity index (χ0n) is 7.41. The summed E-state index contributed by atoms with van der Waals surface area (Å²) in [5.74, 6) is 0. The largest absolute Gasteiger partial charge is 0.375 e. The minimum atomic E-state index is -2.37. The highest BCUT2D eigenvalue weighted by Crippen LogP contribution is 2.04. The van der Waals surface area contributed by atoms with Crippen LogP contribution in [0.2, 0.25) is 0 Å². The maximum absolute atomic E-state index is 12.0. The zero-order chi connectivity index (χ0) is 9.68. The first kappa shape index (κ1) is 10.1. The number of rotatable bonds is 5. The van der Waals surface area contributed by atoms with Crippen molar-refractivity contribution < 1.29 is 13.5 Å². The van der Waals surface area contributed by atoms with Crippen molar-refractivity contribution in [3.05, 3.63) is 18.0 Å². The van der Waals surface area contributed by atoms with Gasteiger partial charge in [0.2, 0.25) is 0 Å². The molecule has 1 heterocycles. The smallest absolute Gasteiger partial charge is 0.257 e. The van der Waals surface area contributed by atoms with Crippen LogP contribution < -0.4 is 0 Å². The van der Waals surface area contributed by atoms with Crippen molar-refractivity contribution in [3.8, 4) is 0 Å². The van der Waals surface area contributed by atoms with E-state index in [4.69, 9.17) is 4.74 Å². The van der Waals surface area contributed by atoms with E-state index < -0.39 is 6.43 Å². The summed E-state index contributed by atoms with van der Waals surface area (Å²) in [6.45, 7) is 2.40. The molecule has 0 saturated heterocycles. The summed E-state index contributed by atoms with van der Waals surface area (Å²) in [5, 5.41) is 3.77. The number of hydrogen-bond acceptors (Lipinski definition) is 2. The Labute approximate surface area is 75.3 Å². The number of aromatic nitrogens is 2. The summed E-state index contributed by atoms with van der Waals surface area (Å²) in [7, 11) is 0. The molecule has 0 bridgehead atoms. The lowest BCUT2D eigenvalue weighted by molar-refractivity contribution is 0.105. The molecular formula is C8H12F2N2O.